The van der Waals surface area contributed by atoms with E-state index in [0.29, 0.717) is 30.3 Å². The standard InChI is InChI=1S/C24H26ClF5N4O3/c1-14-12-33(7-6-24(28,29)30)8-9-34(14)19-10-16(25)3-5-18(19)32-23(37)17-4-2-15(21(26)22(17)27)11-31-20(36)13-35/h2-5,10,14,35H,6-9,11-13H2,1H3,(H,31,36)(H,32,37)/t14-/m0/s1. The van der Waals surface area contributed by atoms with Crippen molar-refractivity contribution in [1.82, 2.24) is 10.2 Å². The highest BCUT2D eigenvalue weighted by atomic mass is 35.5. The van der Waals surface area contributed by atoms with Gasteiger partial charge in [-0.25, -0.2) is 8.78 Å². The van der Waals surface area contributed by atoms with Crippen LogP contribution in [-0.2, 0) is 11.3 Å². The van der Waals surface area contributed by atoms with Gasteiger partial charge in [0, 0.05) is 49.4 Å². The maximum atomic E-state index is 14.7. The zero-order valence-corrected chi connectivity index (χ0v) is 20.6. The molecule has 0 unspecified atom stereocenters. The fourth-order valence-electron chi connectivity index (χ4n) is 4.07. The molecule has 3 rings (SSSR count). The fraction of sp³-hybridized carbons (Fsp3) is 0.417. The van der Waals surface area contributed by atoms with Crippen molar-refractivity contribution >= 4 is 34.8 Å². The molecule has 13 heteroatoms. The molecule has 1 saturated heterocycles. The Bertz CT molecular complexity index is 1150. The number of anilines is 2. The second kappa shape index (κ2) is 12.1. The second-order valence-corrected chi connectivity index (χ2v) is 9.10. The van der Waals surface area contributed by atoms with Gasteiger partial charge in [-0.2, -0.15) is 13.2 Å². The number of hydrogen-bond donors (Lipinski definition) is 3. The predicted octanol–water partition coefficient (Wildman–Crippen LogP) is 3.94. The maximum absolute atomic E-state index is 14.7. The Labute approximate surface area is 215 Å². The van der Waals surface area contributed by atoms with Gasteiger partial charge < -0.3 is 20.6 Å². The van der Waals surface area contributed by atoms with Crippen molar-refractivity contribution in [3.8, 4) is 0 Å². The number of nitrogens with one attached hydrogen (secondary N) is 2. The van der Waals surface area contributed by atoms with Crippen LogP contribution in [0.1, 0.15) is 29.3 Å². The van der Waals surface area contributed by atoms with Gasteiger partial charge in [-0.3, -0.25) is 14.5 Å². The molecule has 0 aliphatic carbocycles. The van der Waals surface area contributed by atoms with Gasteiger partial charge in [0.2, 0.25) is 5.91 Å². The van der Waals surface area contributed by atoms with Crippen molar-refractivity contribution in [2.75, 3.05) is 43.0 Å². The average Bonchev–Trinajstić information content (AvgIpc) is 2.84. The summed E-state index contributed by atoms with van der Waals surface area (Å²) < 4.78 is 67.0. The van der Waals surface area contributed by atoms with Crippen molar-refractivity contribution < 1.29 is 36.6 Å². The van der Waals surface area contributed by atoms with Gasteiger partial charge in [-0.15, -0.1) is 0 Å². The van der Waals surface area contributed by atoms with Crippen LogP contribution in [0.2, 0.25) is 5.02 Å². The van der Waals surface area contributed by atoms with Gasteiger partial charge in [0.15, 0.2) is 11.6 Å². The molecular weight excluding hydrogens is 523 g/mol. The van der Waals surface area contributed by atoms with E-state index in [-0.39, 0.29) is 30.4 Å². The third kappa shape index (κ3) is 7.53. The van der Waals surface area contributed by atoms with Gasteiger partial charge >= 0.3 is 6.18 Å². The van der Waals surface area contributed by atoms with Crippen LogP contribution in [0, 0.1) is 11.6 Å². The molecule has 202 valence electrons. The lowest BCUT2D eigenvalue weighted by Crippen LogP contribution is -2.52. The van der Waals surface area contributed by atoms with Gasteiger partial charge in [-0.05, 0) is 31.2 Å². The number of aliphatic hydroxyl groups is 1. The summed E-state index contributed by atoms with van der Waals surface area (Å²) in [6.07, 6.45) is -5.15. The van der Waals surface area contributed by atoms with Crippen LogP contribution in [-0.4, -0.2) is 66.8 Å². The van der Waals surface area contributed by atoms with E-state index in [1.807, 2.05) is 11.8 Å². The van der Waals surface area contributed by atoms with E-state index in [4.69, 9.17) is 16.7 Å². The smallest absolute Gasteiger partial charge is 0.387 e. The van der Waals surface area contributed by atoms with Crippen molar-refractivity contribution in [2.24, 2.45) is 0 Å². The highest BCUT2D eigenvalue weighted by molar-refractivity contribution is 6.31. The predicted molar refractivity (Wildman–Crippen MR) is 129 cm³/mol. The molecule has 1 heterocycles. The molecule has 0 spiro atoms. The van der Waals surface area contributed by atoms with E-state index in [9.17, 15) is 31.5 Å². The lowest BCUT2D eigenvalue weighted by Gasteiger charge is -2.42. The molecule has 0 bridgehead atoms. The van der Waals surface area contributed by atoms with E-state index in [2.05, 4.69) is 10.6 Å². The van der Waals surface area contributed by atoms with Crippen LogP contribution in [0.15, 0.2) is 30.3 Å². The summed E-state index contributed by atoms with van der Waals surface area (Å²) in [7, 11) is 0. The number of nitrogens with zero attached hydrogens (tertiary/aromatic N) is 2. The first-order chi connectivity index (χ1) is 17.4. The van der Waals surface area contributed by atoms with Crippen molar-refractivity contribution in [3.63, 3.8) is 0 Å². The van der Waals surface area contributed by atoms with Crippen LogP contribution in [0.4, 0.5) is 33.3 Å². The molecule has 2 aromatic carbocycles. The zero-order valence-electron chi connectivity index (χ0n) is 19.8. The third-order valence-electron chi connectivity index (χ3n) is 5.97. The van der Waals surface area contributed by atoms with Crippen molar-refractivity contribution in [1.29, 1.82) is 0 Å². The van der Waals surface area contributed by atoms with Gasteiger partial charge in [0.25, 0.3) is 5.91 Å². The summed E-state index contributed by atoms with van der Waals surface area (Å²) in [5, 5.41) is 13.8. The minimum absolute atomic E-state index is 0.120. The number of alkyl halides is 3. The number of amides is 2. The lowest BCUT2D eigenvalue weighted by molar-refractivity contribution is -0.138. The summed E-state index contributed by atoms with van der Waals surface area (Å²) >= 11 is 6.16. The summed E-state index contributed by atoms with van der Waals surface area (Å²) in [4.78, 5) is 27.6. The van der Waals surface area contributed by atoms with E-state index >= 15 is 0 Å². The number of carbonyl (C=O) groups is 2. The summed E-state index contributed by atoms with van der Waals surface area (Å²) in [6.45, 7) is 1.59. The van der Waals surface area contributed by atoms with E-state index in [1.54, 1.807) is 11.0 Å². The molecule has 3 N–H and O–H groups in total. The topological polar surface area (TPSA) is 84.9 Å². The number of rotatable bonds is 8. The molecule has 1 atom stereocenters. The molecule has 2 amide bonds. The van der Waals surface area contributed by atoms with E-state index in [1.165, 1.54) is 12.1 Å². The molecule has 7 nitrogen and oxygen atoms in total. The highest BCUT2D eigenvalue weighted by Crippen LogP contribution is 2.33. The average molecular weight is 549 g/mol. The molecule has 37 heavy (non-hydrogen) atoms. The number of carbonyl (C=O) groups excluding carboxylic acids is 2. The maximum Gasteiger partial charge on any atom is 0.390 e. The Kier molecular flexibility index (Phi) is 9.32. The molecule has 0 aromatic heterocycles. The molecule has 2 aromatic rings. The van der Waals surface area contributed by atoms with Crippen molar-refractivity contribution in [2.45, 2.75) is 32.1 Å². The summed E-state index contributed by atoms with van der Waals surface area (Å²) in [5.74, 6) is -4.42. The van der Waals surface area contributed by atoms with E-state index < -0.39 is 48.2 Å². The quantitative estimate of drug-likeness (QED) is 0.435. The largest absolute Gasteiger partial charge is 0.390 e. The molecule has 1 aliphatic heterocycles. The molecule has 0 radical (unpaired) electrons. The first kappa shape index (κ1) is 28.6. The summed E-state index contributed by atoms with van der Waals surface area (Å²) in [6, 6.07) is 6.60. The van der Waals surface area contributed by atoms with Crippen LogP contribution in [0.5, 0.6) is 0 Å². The van der Waals surface area contributed by atoms with Crippen LogP contribution in [0.3, 0.4) is 0 Å². The minimum atomic E-state index is -4.24. The lowest BCUT2D eigenvalue weighted by atomic mass is 10.1. The first-order valence-corrected chi connectivity index (χ1v) is 11.8. The Hall–Kier alpha value is -2.96. The molecule has 1 fully saturated rings. The summed E-state index contributed by atoms with van der Waals surface area (Å²) in [5.41, 5.74) is -0.0157. The number of hydrogen-bond acceptors (Lipinski definition) is 5. The van der Waals surface area contributed by atoms with Crippen molar-refractivity contribution in [3.05, 3.63) is 58.1 Å². The van der Waals surface area contributed by atoms with Gasteiger partial charge in [-0.1, -0.05) is 17.7 Å². The Morgan fingerprint density at radius 2 is 1.86 bits per heavy atom. The third-order valence-corrected chi connectivity index (χ3v) is 6.20. The van der Waals surface area contributed by atoms with E-state index in [0.717, 1.165) is 12.1 Å². The first-order valence-electron chi connectivity index (χ1n) is 11.4. The number of aliphatic hydroxyl groups excluding tert-OH is 1. The minimum Gasteiger partial charge on any atom is -0.387 e. The van der Waals surface area contributed by atoms with Crippen LogP contribution >= 0.6 is 11.6 Å². The number of benzene rings is 2. The second-order valence-electron chi connectivity index (χ2n) is 8.66. The fourth-order valence-corrected chi connectivity index (χ4v) is 4.23. The Morgan fingerprint density at radius 3 is 2.51 bits per heavy atom. The monoisotopic (exact) mass is 548 g/mol. The van der Waals surface area contributed by atoms with Gasteiger partial charge in [0.05, 0.1) is 23.4 Å². The normalized spacial score (nSPS) is 16.5. The Balaban J connectivity index is 1.76. The zero-order chi connectivity index (χ0) is 27.3. The van der Waals surface area contributed by atoms with Crippen LogP contribution in [0.25, 0.3) is 0 Å². The SMILES string of the molecule is C[C@H]1CN(CCC(F)(F)F)CCN1c1cc(Cl)ccc1NC(=O)c1ccc(CNC(=O)CO)c(F)c1F. The van der Waals surface area contributed by atoms with Crippen LogP contribution < -0.4 is 15.5 Å². The number of piperazine rings is 1. The molecule has 0 saturated carbocycles. The molecule has 1 aliphatic rings. The number of halogens is 6. The Morgan fingerprint density at radius 1 is 1.14 bits per heavy atom. The van der Waals surface area contributed by atoms with Gasteiger partial charge in [0.1, 0.15) is 6.61 Å². The highest BCUT2D eigenvalue weighted by Gasteiger charge is 2.31. The molecular formula is C24H26ClF5N4O3.